The molecule has 0 aliphatic carbocycles. The normalized spacial score (nSPS) is 14.0. The van der Waals surface area contributed by atoms with Crippen molar-refractivity contribution in [2.45, 2.75) is 52.0 Å². The van der Waals surface area contributed by atoms with E-state index >= 15 is 0 Å². The predicted octanol–water partition coefficient (Wildman–Crippen LogP) is 6.44. The number of carbonyl (C=O) groups is 1. The Bertz CT molecular complexity index is 1180. The highest BCUT2D eigenvalue weighted by Gasteiger charge is 2.16. The van der Waals surface area contributed by atoms with Gasteiger partial charge in [-0.25, -0.2) is 9.37 Å². The van der Waals surface area contributed by atoms with Gasteiger partial charge in [0.2, 0.25) is 5.91 Å². The van der Waals surface area contributed by atoms with E-state index in [4.69, 9.17) is 21.3 Å². The number of amides is 1. The number of nitrogens with one attached hydrogen (secondary N) is 1. The second kappa shape index (κ2) is 13.2. The third-order valence-corrected chi connectivity index (χ3v) is 6.48. The third kappa shape index (κ3) is 7.55. The molecule has 0 spiro atoms. The van der Waals surface area contributed by atoms with Gasteiger partial charge in [0.05, 0.1) is 29.3 Å². The van der Waals surface area contributed by atoms with E-state index in [1.165, 1.54) is 38.4 Å². The van der Waals surface area contributed by atoms with Crippen LogP contribution in [-0.4, -0.2) is 48.1 Å². The number of halogens is 3. The number of hydrogen-bond acceptors (Lipinski definition) is 4. The van der Waals surface area contributed by atoms with Crippen LogP contribution in [0.1, 0.15) is 45.1 Å². The molecule has 0 unspecified atom stereocenters. The van der Waals surface area contributed by atoms with Crippen LogP contribution in [-0.2, 0) is 11.2 Å². The summed E-state index contributed by atoms with van der Waals surface area (Å²) in [5, 5.41) is 3.84. The maximum atomic E-state index is 13.8. The fourth-order valence-corrected chi connectivity index (χ4v) is 4.70. The summed E-state index contributed by atoms with van der Waals surface area (Å²) in [6.45, 7) is 7.95. The first kappa shape index (κ1) is 28.2. The van der Waals surface area contributed by atoms with E-state index in [0.717, 1.165) is 35.2 Å². The van der Waals surface area contributed by atoms with Crippen LogP contribution in [0.2, 0.25) is 5.02 Å². The molecule has 2 aromatic carbocycles. The number of likely N-dealkylation sites (tertiary alicyclic amines) is 1. The van der Waals surface area contributed by atoms with Gasteiger partial charge in [-0.05, 0) is 94.2 Å². The molecule has 1 aliphatic rings. The number of carbonyl (C=O) groups excluding carboxylic acids is 1. The second-order valence-electron chi connectivity index (χ2n) is 9.48. The van der Waals surface area contributed by atoms with Crippen LogP contribution < -0.4 is 10.1 Å². The lowest BCUT2D eigenvalue weighted by molar-refractivity contribution is -0.120. The van der Waals surface area contributed by atoms with Crippen molar-refractivity contribution in [3.63, 3.8) is 0 Å². The minimum atomic E-state index is -0.489. The Balaban J connectivity index is 0.00000361. The Labute approximate surface area is 223 Å². The molecule has 194 valence electrons. The quantitative estimate of drug-likeness (QED) is 0.321. The van der Waals surface area contributed by atoms with Crippen molar-refractivity contribution in [3.05, 3.63) is 58.9 Å². The molecule has 1 aliphatic heterocycles. The lowest BCUT2D eigenvalue weighted by atomic mass is 10.0. The van der Waals surface area contributed by atoms with Crippen molar-refractivity contribution in [2.24, 2.45) is 0 Å². The Kier molecular flexibility index (Phi) is 10.3. The molecule has 1 saturated heterocycles. The number of pyridine rings is 1. The van der Waals surface area contributed by atoms with Crippen LogP contribution in [0.3, 0.4) is 0 Å². The molecule has 8 heteroatoms. The van der Waals surface area contributed by atoms with Crippen molar-refractivity contribution in [2.75, 3.05) is 26.2 Å². The summed E-state index contributed by atoms with van der Waals surface area (Å²) in [5.74, 6) is 0.200. The van der Waals surface area contributed by atoms with Crippen LogP contribution in [0.25, 0.3) is 22.2 Å². The zero-order valence-electron chi connectivity index (χ0n) is 20.9. The maximum Gasteiger partial charge on any atom is 0.224 e. The van der Waals surface area contributed by atoms with Gasteiger partial charge in [-0.3, -0.25) is 4.79 Å². The van der Waals surface area contributed by atoms with Crippen molar-refractivity contribution in [3.8, 4) is 17.0 Å². The van der Waals surface area contributed by atoms with Crippen molar-refractivity contribution in [1.82, 2.24) is 15.2 Å². The Morgan fingerprint density at radius 1 is 1.14 bits per heavy atom. The highest BCUT2D eigenvalue weighted by atomic mass is 35.5. The lowest BCUT2D eigenvalue weighted by Crippen LogP contribution is -2.31. The van der Waals surface area contributed by atoms with Gasteiger partial charge in [0.25, 0.3) is 0 Å². The molecule has 0 atom stereocenters. The standard InChI is InChI=1S/C28H33ClFN3O2.ClH/c1-19(2)31-27(34)18-22-15-21-16-23(35-14-6-13-33-11-4-3-5-12-33)8-10-26(21)32-28(22)20-7-9-25(30)24(29)17-20;/h7-10,15-17,19H,3-6,11-14,18H2,1-2H3,(H,31,34);1H. The van der Waals surface area contributed by atoms with Crippen molar-refractivity contribution < 1.29 is 13.9 Å². The van der Waals surface area contributed by atoms with Gasteiger partial charge in [-0.1, -0.05) is 18.0 Å². The summed E-state index contributed by atoms with van der Waals surface area (Å²) in [6.07, 6.45) is 5.08. The predicted molar refractivity (Wildman–Crippen MR) is 147 cm³/mol. The highest BCUT2D eigenvalue weighted by Crippen LogP contribution is 2.30. The molecular formula is C28H34Cl2FN3O2. The summed E-state index contributed by atoms with van der Waals surface area (Å²) in [4.78, 5) is 19.9. The monoisotopic (exact) mass is 533 g/mol. The average Bonchev–Trinajstić information content (AvgIpc) is 2.83. The molecule has 1 aromatic heterocycles. The number of fused-ring (bicyclic) bond motifs is 1. The van der Waals surface area contributed by atoms with Crippen molar-refractivity contribution >= 4 is 40.8 Å². The minimum absolute atomic E-state index is 0. The average molecular weight is 535 g/mol. The summed E-state index contributed by atoms with van der Waals surface area (Å²) in [6, 6.07) is 12.3. The van der Waals surface area contributed by atoms with E-state index in [2.05, 4.69) is 10.2 Å². The summed E-state index contributed by atoms with van der Waals surface area (Å²) in [5.41, 5.74) is 2.81. The van der Waals surface area contributed by atoms with Gasteiger partial charge in [-0.2, -0.15) is 0 Å². The largest absolute Gasteiger partial charge is 0.494 e. The number of ether oxygens (including phenoxy) is 1. The molecule has 0 saturated carbocycles. The topological polar surface area (TPSA) is 54.5 Å². The van der Waals surface area contributed by atoms with E-state index in [0.29, 0.717) is 17.9 Å². The number of aromatic nitrogens is 1. The van der Waals surface area contributed by atoms with Crippen LogP contribution in [0.15, 0.2) is 42.5 Å². The van der Waals surface area contributed by atoms with E-state index in [1.54, 1.807) is 12.1 Å². The molecule has 3 aromatic rings. The van der Waals surface area contributed by atoms with E-state index < -0.39 is 5.82 Å². The van der Waals surface area contributed by atoms with Gasteiger partial charge in [-0.15, -0.1) is 12.4 Å². The van der Waals surface area contributed by atoms with E-state index in [1.807, 2.05) is 38.1 Å². The van der Waals surface area contributed by atoms with E-state index in [-0.39, 0.29) is 35.8 Å². The summed E-state index contributed by atoms with van der Waals surface area (Å²) >= 11 is 6.04. The fraction of sp³-hybridized carbons (Fsp3) is 0.429. The molecule has 0 bridgehead atoms. The van der Waals surface area contributed by atoms with Crippen LogP contribution in [0, 0.1) is 5.82 Å². The van der Waals surface area contributed by atoms with Crippen LogP contribution >= 0.6 is 24.0 Å². The number of rotatable bonds is 9. The molecule has 4 rings (SSSR count). The Morgan fingerprint density at radius 2 is 1.92 bits per heavy atom. The fourth-order valence-electron chi connectivity index (χ4n) is 4.52. The molecule has 1 amide bonds. The number of benzene rings is 2. The Hall–Kier alpha value is -2.41. The summed E-state index contributed by atoms with van der Waals surface area (Å²) < 4.78 is 19.8. The molecule has 36 heavy (non-hydrogen) atoms. The van der Waals surface area contributed by atoms with Gasteiger partial charge in [0.15, 0.2) is 0 Å². The van der Waals surface area contributed by atoms with Crippen LogP contribution in [0.5, 0.6) is 5.75 Å². The molecule has 0 radical (unpaired) electrons. The SMILES string of the molecule is CC(C)NC(=O)Cc1cc2cc(OCCCN3CCCCC3)ccc2nc1-c1ccc(F)c(Cl)c1.Cl. The van der Waals surface area contributed by atoms with Gasteiger partial charge in [0, 0.05) is 23.5 Å². The number of nitrogens with zero attached hydrogens (tertiary/aromatic N) is 2. The lowest BCUT2D eigenvalue weighted by Gasteiger charge is -2.26. The molecule has 2 heterocycles. The minimum Gasteiger partial charge on any atom is -0.494 e. The first-order valence-electron chi connectivity index (χ1n) is 12.4. The van der Waals surface area contributed by atoms with Gasteiger partial charge < -0.3 is 15.0 Å². The second-order valence-corrected chi connectivity index (χ2v) is 9.89. The smallest absolute Gasteiger partial charge is 0.224 e. The number of piperidine rings is 1. The highest BCUT2D eigenvalue weighted by molar-refractivity contribution is 6.31. The first-order chi connectivity index (χ1) is 16.9. The maximum absolute atomic E-state index is 13.8. The first-order valence-corrected chi connectivity index (χ1v) is 12.8. The summed E-state index contributed by atoms with van der Waals surface area (Å²) in [7, 11) is 0. The Morgan fingerprint density at radius 3 is 2.64 bits per heavy atom. The van der Waals surface area contributed by atoms with Gasteiger partial charge in [0.1, 0.15) is 11.6 Å². The molecular weight excluding hydrogens is 500 g/mol. The van der Waals surface area contributed by atoms with Crippen LogP contribution in [0.4, 0.5) is 4.39 Å². The van der Waals surface area contributed by atoms with Gasteiger partial charge >= 0.3 is 0 Å². The zero-order chi connectivity index (χ0) is 24.8. The van der Waals surface area contributed by atoms with E-state index in [9.17, 15) is 9.18 Å². The third-order valence-electron chi connectivity index (χ3n) is 6.19. The zero-order valence-corrected chi connectivity index (χ0v) is 22.4. The number of hydrogen-bond donors (Lipinski definition) is 1. The van der Waals surface area contributed by atoms with Crippen molar-refractivity contribution in [1.29, 1.82) is 0 Å². The molecule has 1 N–H and O–H groups in total. The molecule has 5 nitrogen and oxygen atoms in total. The molecule has 1 fully saturated rings.